The number of amides is 2. The molecule has 2 aliphatic rings. The molecular formula is C16H18N2O4. The lowest BCUT2D eigenvalue weighted by atomic mass is 10.1. The van der Waals surface area contributed by atoms with Crippen molar-refractivity contribution in [3.63, 3.8) is 0 Å². The first-order chi connectivity index (χ1) is 10.6. The lowest BCUT2D eigenvalue weighted by molar-refractivity contribution is -0.158. The third-order valence-electron chi connectivity index (χ3n) is 3.78. The lowest BCUT2D eigenvalue weighted by Crippen LogP contribution is -2.39. The highest BCUT2D eigenvalue weighted by Gasteiger charge is 2.34. The monoisotopic (exact) mass is 302 g/mol. The van der Waals surface area contributed by atoms with Crippen LogP contribution in [-0.2, 0) is 19.1 Å². The van der Waals surface area contributed by atoms with Gasteiger partial charge < -0.3 is 15.4 Å². The largest absolute Gasteiger partial charge is 0.446 e. The van der Waals surface area contributed by atoms with Crippen molar-refractivity contribution in [2.24, 2.45) is 0 Å². The first-order valence-corrected chi connectivity index (χ1v) is 7.48. The molecule has 116 valence electrons. The molecule has 22 heavy (non-hydrogen) atoms. The summed E-state index contributed by atoms with van der Waals surface area (Å²) in [6.07, 6.45) is 1.65. The number of ether oxygens (including phenoxy) is 1. The smallest absolute Gasteiger partial charge is 0.329 e. The average Bonchev–Trinajstić information content (AvgIpc) is 3.23. The van der Waals surface area contributed by atoms with E-state index in [1.54, 1.807) is 24.3 Å². The minimum Gasteiger partial charge on any atom is -0.446 e. The van der Waals surface area contributed by atoms with E-state index in [9.17, 15) is 14.4 Å². The normalized spacial score (nSPS) is 21.8. The minimum atomic E-state index is -0.980. The summed E-state index contributed by atoms with van der Waals surface area (Å²) in [5, 5.41) is 5.41. The van der Waals surface area contributed by atoms with Crippen LogP contribution in [0, 0.1) is 0 Å². The topological polar surface area (TPSA) is 84.5 Å². The van der Waals surface area contributed by atoms with E-state index in [1.807, 2.05) is 6.07 Å². The summed E-state index contributed by atoms with van der Waals surface area (Å²) < 4.78 is 5.39. The molecule has 1 saturated heterocycles. The standard InChI is InChI=1S/C16H18N2O4/c19-13-9-8-12(18-13)16(21)22-14(10-4-2-1-3-5-10)15(20)17-11-6-7-11/h1-5,11-12,14H,6-9H2,(H,17,20)(H,18,19)/t12-,14-/m1/s1. The van der Waals surface area contributed by atoms with E-state index in [-0.39, 0.29) is 17.9 Å². The maximum absolute atomic E-state index is 12.3. The predicted octanol–water partition coefficient (Wildman–Crippen LogP) is 0.828. The maximum Gasteiger partial charge on any atom is 0.329 e. The summed E-state index contributed by atoms with van der Waals surface area (Å²) in [5.74, 6) is -1.04. The van der Waals surface area contributed by atoms with Crippen molar-refractivity contribution in [1.82, 2.24) is 10.6 Å². The van der Waals surface area contributed by atoms with Crippen LogP contribution < -0.4 is 10.6 Å². The summed E-state index contributed by atoms with van der Waals surface area (Å²) >= 11 is 0. The molecule has 3 rings (SSSR count). The Labute approximate surface area is 128 Å². The van der Waals surface area contributed by atoms with Crippen LogP contribution in [0.1, 0.15) is 37.4 Å². The first kappa shape index (κ1) is 14.6. The SMILES string of the molecule is O=C1CC[C@H](C(=O)O[C@@H](C(=O)NC2CC2)c2ccccc2)N1. The summed E-state index contributed by atoms with van der Waals surface area (Å²) in [5.41, 5.74) is 0.623. The molecule has 2 fully saturated rings. The van der Waals surface area contributed by atoms with Gasteiger partial charge in [-0.1, -0.05) is 30.3 Å². The van der Waals surface area contributed by atoms with Crippen LogP contribution >= 0.6 is 0 Å². The predicted molar refractivity (Wildman–Crippen MR) is 77.6 cm³/mol. The molecule has 1 saturated carbocycles. The molecule has 2 amide bonds. The summed E-state index contributed by atoms with van der Waals surface area (Å²) in [6.45, 7) is 0. The number of benzene rings is 1. The molecular weight excluding hydrogens is 284 g/mol. The third-order valence-corrected chi connectivity index (χ3v) is 3.78. The number of esters is 1. The molecule has 6 nitrogen and oxygen atoms in total. The van der Waals surface area contributed by atoms with Gasteiger partial charge in [0.05, 0.1) is 0 Å². The maximum atomic E-state index is 12.3. The average molecular weight is 302 g/mol. The Bertz CT molecular complexity index is 583. The molecule has 2 atom stereocenters. The first-order valence-electron chi connectivity index (χ1n) is 7.48. The van der Waals surface area contributed by atoms with Crippen LogP contribution in [0.4, 0.5) is 0 Å². The van der Waals surface area contributed by atoms with E-state index >= 15 is 0 Å². The fourth-order valence-electron chi connectivity index (χ4n) is 2.39. The number of nitrogens with one attached hydrogen (secondary N) is 2. The van der Waals surface area contributed by atoms with Crippen molar-refractivity contribution >= 4 is 17.8 Å². The lowest BCUT2D eigenvalue weighted by Gasteiger charge is -2.20. The van der Waals surface area contributed by atoms with Crippen LogP contribution in [-0.4, -0.2) is 29.9 Å². The van der Waals surface area contributed by atoms with Crippen LogP contribution in [0.2, 0.25) is 0 Å². The van der Waals surface area contributed by atoms with Crippen molar-refractivity contribution in [2.75, 3.05) is 0 Å². The van der Waals surface area contributed by atoms with Crippen molar-refractivity contribution in [3.05, 3.63) is 35.9 Å². The number of rotatable bonds is 5. The van der Waals surface area contributed by atoms with Crippen molar-refractivity contribution in [2.45, 2.75) is 43.9 Å². The van der Waals surface area contributed by atoms with E-state index in [4.69, 9.17) is 4.74 Å². The fraction of sp³-hybridized carbons (Fsp3) is 0.438. The van der Waals surface area contributed by atoms with Gasteiger partial charge in [0.1, 0.15) is 6.04 Å². The molecule has 0 radical (unpaired) electrons. The molecule has 0 bridgehead atoms. The van der Waals surface area contributed by atoms with Gasteiger partial charge in [-0.2, -0.15) is 0 Å². The molecule has 0 unspecified atom stereocenters. The van der Waals surface area contributed by atoms with Gasteiger partial charge in [-0.05, 0) is 19.3 Å². The van der Waals surface area contributed by atoms with Gasteiger partial charge in [0.2, 0.25) is 12.0 Å². The molecule has 6 heteroatoms. The minimum absolute atomic E-state index is 0.166. The van der Waals surface area contributed by atoms with Gasteiger partial charge in [-0.25, -0.2) is 4.79 Å². The third kappa shape index (κ3) is 3.44. The summed E-state index contributed by atoms with van der Waals surface area (Å²) in [4.78, 5) is 35.7. The zero-order chi connectivity index (χ0) is 15.5. The van der Waals surface area contributed by atoms with Crippen LogP contribution in [0.5, 0.6) is 0 Å². The quantitative estimate of drug-likeness (QED) is 0.789. The van der Waals surface area contributed by atoms with E-state index in [1.165, 1.54) is 0 Å². The second-order valence-electron chi connectivity index (χ2n) is 5.67. The molecule has 1 aromatic carbocycles. The fourth-order valence-corrected chi connectivity index (χ4v) is 2.39. The Morgan fingerprint density at radius 3 is 2.50 bits per heavy atom. The van der Waals surface area contributed by atoms with E-state index < -0.39 is 18.1 Å². The molecule has 2 N–H and O–H groups in total. The highest BCUT2D eigenvalue weighted by atomic mass is 16.5. The zero-order valence-electron chi connectivity index (χ0n) is 12.1. The molecule has 0 aromatic heterocycles. The van der Waals surface area contributed by atoms with Crippen LogP contribution in [0.3, 0.4) is 0 Å². The van der Waals surface area contributed by atoms with Gasteiger partial charge >= 0.3 is 5.97 Å². The second kappa shape index (κ2) is 6.17. The number of carbonyl (C=O) groups is 3. The number of carbonyl (C=O) groups excluding carboxylic acids is 3. The number of hydrogen-bond donors (Lipinski definition) is 2. The van der Waals surface area contributed by atoms with Gasteiger partial charge in [-0.3, -0.25) is 9.59 Å². The highest BCUT2D eigenvalue weighted by molar-refractivity contribution is 5.90. The van der Waals surface area contributed by atoms with E-state index in [0.29, 0.717) is 18.4 Å². The molecule has 1 aromatic rings. The Morgan fingerprint density at radius 1 is 1.18 bits per heavy atom. The van der Waals surface area contributed by atoms with E-state index in [0.717, 1.165) is 12.8 Å². The van der Waals surface area contributed by atoms with Gasteiger partial charge in [0.25, 0.3) is 5.91 Å². The second-order valence-corrected chi connectivity index (χ2v) is 5.67. The van der Waals surface area contributed by atoms with E-state index in [2.05, 4.69) is 10.6 Å². The van der Waals surface area contributed by atoms with Crippen LogP contribution in [0.25, 0.3) is 0 Å². The number of hydrogen-bond acceptors (Lipinski definition) is 4. The summed E-state index contributed by atoms with van der Waals surface area (Å²) in [6, 6.07) is 8.43. The Balaban J connectivity index is 1.71. The van der Waals surface area contributed by atoms with Crippen LogP contribution in [0.15, 0.2) is 30.3 Å². The Hall–Kier alpha value is -2.37. The molecule has 1 aliphatic heterocycles. The Kier molecular flexibility index (Phi) is 4.09. The highest BCUT2D eigenvalue weighted by Crippen LogP contribution is 2.24. The summed E-state index contributed by atoms with van der Waals surface area (Å²) in [7, 11) is 0. The molecule has 0 spiro atoms. The van der Waals surface area contributed by atoms with Gasteiger partial charge in [0.15, 0.2) is 0 Å². The van der Waals surface area contributed by atoms with Crippen molar-refractivity contribution in [3.8, 4) is 0 Å². The zero-order valence-corrected chi connectivity index (χ0v) is 12.1. The van der Waals surface area contributed by atoms with Crippen molar-refractivity contribution in [1.29, 1.82) is 0 Å². The van der Waals surface area contributed by atoms with Gasteiger partial charge in [-0.15, -0.1) is 0 Å². The van der Waals surface area contributed by atoms with Gasteiger partial charge in [0, 0.05) is 18.0 Å². The van der Waals surface area contributed by atoms with Crippen molar-refractivity contribution < 1.29 is 19.1 Å². The molecule has 1 aliphatic carbocycles. The molecule has 1 heterocycles. The Morgan fingerprint density at radius 2 is 1.91 bits per heavy atom.